The Balaban J connectivity index is 4.34. The Morgan fingerprint density at radius 2 is 2.00 bits per heavy atom. The van der Waals surface area contributed by atoms with Gasteiger partial charge in [0.05, 0.1) is 0 Å². The van der Waals surface area contributed by atoms with Crippen molar-refractivity contribution in [1.82, 2.24) is 4.90 Å². The van der Waals surface area contributed by atoms with E-state index in [2.05, 4.69) is 6.58 Å². The first-order valence-corrected chi connectivity index (χ1v) is 5.85. The number of likely N-dealkylation sites (N-methyl/N-ethyl adjacent to an activating group) is 1. The minimum absolute atomic E-state index is 0.195. The lowest BCUT2D eigenvalue weighted by molar-refractivity contribution is -0.150. The van der Waals surface area contributed by atoms with Crippen molar-refractivity contribution in [2.24, 2.45) is 0 Å². The molecule has 1 N–H and O–H groups in total. The van der Waals surface area contributed by atoms with E-state index < -0.39 is 30.5 Å². The van der Waals surface area contributed by atoms with Crippen LogP contribution in [-0.2, 0) is 9.59 Å². The van der Waals surface area contributed by atoms with E-state index in [-0.39, 0.29) is 19.3 Å². The van der Waals surface area contributed by atoms with Gasteiger partial charge in [-0.3, -0.25) is 4.79 Å². The van der Waals surface area contributed by atoms with Crippen LogP contribution in [-0.4, -0.2) is 41.1 Å². The highest BCUT2D eigenvalue weighted by Crippen LogP contribution is 2.22. The Kier molecular flexibility index (Phi) is 7.18. The van der Waals surface area contributed by atoms with Gasteiger partial charge in [0.2, 0.25) is 5.91 Å². The molecule has 0 aliphatic heterocycles. The largest absolute Gasteiger partial charge is 0.480 e. The number of carboxylic acid groups (broad SMARTS) is 1. The van der Waals surface area contributed by atoms with Crippen LogP contribution in [0.4, 0.5) is 13.2 Å². The quantitative estimate of drug-likeness (QED) is 0.696. The lowest BCUT2D eigenvalue weighted by atomic mass is 10.1. The molecule has 0 saturated heterocycles. The maximum atomic E-state index is 11.9. The monoisotopic (exact) mass is 281 g/mol. The van der Waals surface area contributed by atoms with Gasteiger partial charge in [0.1, 0.15) is 6.04 Å². The molecule has 0 aromatic rings. The van der Waals surface area contributed by atoms with Crippen molar-refractivity contribution < 1.29 is 27.9 Å². The van der Waals surface area contributed by atoms with E-state index in [1.807, 2.05) is 0 Å². The van der Waals surface area contributed by atoms with Gasteiger partial charge < -0.3 is 10.0 Å². The molecule has 19 heavy (non-hydrogen) atoms. The predicted octanol–water partition coefficient (Wildman–Crippen LogP) is 2.60. The number of allylic oxidation sites excluding steroid dienone is 1. The van der Waals surface area contributed by atoms with Crippen LogP contribution in [0.25, 0.3) is 0 Å². The van der Waals surface area contributed by atoms with E-state index in [0.717, 1.165) is 4.90 Å². The zero-order chi connectivity index (χ0) is 15.1. The number of hydrogen-bond donors (Lipinski definition) is 1. The lowest BCUT2D eigenvalue weighted by Gasteiger charge is -2.24. The number of hydrogen-bond acceptors (Lipinski definition) is 2. The van der Waals surface area contributed by atoms with Gasteiger partial charge in [-0.2, -0.15) is 13.2 Å². The summed E-state index contributed by atoms with van der Waals surface area (Å²) >= 11 is 0. The average Bonchev–Trinajstić information content (AvgIpc) is 2.26. The van der Waals surface area contributed by atoms with Gasteiger partial charge in [0, 0.05) is 19.9 Å². The average molecular weight is 281 g/mol. The van der Waals surface area contributed by atoms with Gasteiger partial charge in [0.15, 0.2) is 0 Å². The highest BCUT2D eigenvalue weighted by atomic mass is 19.4. The fourth-order valence-electron chi connectivity index (χ4n) is 1.55. The number of carboxylic acids is 1. The standard InChI is InChI=1S/C12H18F3NO3/c1-3-4-6-9(11(18)19)16(2)10(17)7-5-8-12(13,14)15/h3,9H,1,4-8H2,2H3,(H,18,19)/t9-/m0/s1. The summed E-state index contributed by atoms with van der Waals surface area (Å²) < 4.78 is 35.8. The molecule has 0 heterocycles. The number of carbonyl (C=O) groups excluding carboxylic acids is 1. The number of nitrogens with zero attached hydrogens (tertiary/aromatic N) is 1. The molecule has 0 saturated carbocycles. The van der Waals surface area contributed by atoms with Crippen LogP contribution in [0.1, 0.15) is 32.1 Å². The van der Waals surface area contributed by atoms with E-state index in [4.69, 9.17) is 5.11 Å². The molecule has 0 bridgehead atoms. The van der Waals surface area contributed by atoms with Gasteiger partial charge in [0.25, 0.3) is 0 Å². The van der Waals surface area contributed by atoms with E-state index in [1.165, 1.54) is 13.1 Å². The topological polar surface area (TPSA) is 57.6 Å². The van der Waals surface area contributed by atoms with Crippen LogP contribution in [0, 0.1) is 0 Å². The number of alkyl halides is 3. The van der Waals surface area contributed by atoms with Gasteiger partial charge in [-0.1, -0.05) is 6.08 Å². The van der Waals surface area contributed by atoms with Crippen molar-refractivity contribution in [2.75, 3.05) is 7.05 Å². The molecule has 0 aliphatic carbocycles. The van der Waals surface area contributed by atoms with Crippen molar-refractivity contribution >= 4 is 11.9 Å². The van der Waals surface area contributed by atoms with Crippen LogP contribution < -0.4 is 0 Å². The summed E-state index contributed by atoms with van der Waals surface area (Å²) in [5.74, 6) is -1.77. The molecule has 0 aromatic heterocycles. The second-order valence-corrected chi connectivity index (χ2v) is 4.19. The molecule has 0 rings (SSSR count). The molecule has 7 heteroatoms. The second kappa shape index (κ2) is 7.81. The molecule has 0 fully saturated rings. The maximum absolute atomic E-state index is 11.9. The van der Waals surface area contributed by atoms with Gasteiger partial charge in [-0.15, -0.1) is 6.58 Å². The Labute approximate surface area is 109 Å². The third-order valence-corrected chi connectivity index (χ3v) is 2.64. The second-order valence-electron chi connectivity index (χ2n) is 4.19. The normalized spacial score (nSPS) is 12.8. The highest BCUT2D eigenvalue weighted by molar-refractivity contribution is 5.83. The molecule has 1 amide bonds. The van der Waals surface area contributed by atoms with Crippen molar-refractivity contribution in [3.63, 3.8) is 0 Å². The third kappa shape index (κ3) is 7.48. The van der Waals surface area contributed by atoms with Crippen molar-refractivity contribution in [3.05, 3.63) is 12.7 Å². The van der Waals surface area contributed by atoms with Crippen LogP contribution in [0.2, 0.25) is 0 Å². The lowest BCUT2D eigenvalue weighted by Crippen LogP contribution is -2.42. The smallest absolute Gasteiger partial charge is 0.389 e. The first kappa shape index (κ1) is 17.5. The van der Waals surface area contributed by atoms with Crippen molar-refractivity contribution in [3.8, 4) is 0 Å². The van der Waals surface area contributed by atoms with Gasteiger partial charge in [-0.25, -0.2) is 4.79 Å². The molecule has 110 valence electrons. The summed E-state index contributed by atoms with van der Waals surface area (Å²) in [6.07, 6.45) is -3.85. The molecular formula is C12H18F3NO3. The first-order valence-electron chi connectivity index (χ1n) is 5.85. The maximum Gasteiger partial charge on any atom is 0.389 e. The van der Waals surface area contributed by atoms with Crippen molar-refractivity contribution in [1.29, 1.82) is 0 Å². The molecule has 4 nitrogen and oxygen atoms in total. The van der Waals surface area contributed by atoms with Crippen LogP contribution in [0.5, 0.6) is 0 Å². The number of rotatable bonds is 8. The zero-order valence-corrected chi connectivity index (χ0v) is 10.7. The number of carbonyl (C=O) groups is 2. The molecular weight excluding hydrogens is 263 g/mol. The number of halogens is 3. The fraction of sp³-hybridized carbons (Fsp3) is 0.667. The number of aliphatic carboxylic acids is 1. The van der Waals surface area contributed by atoms with E-state index in [0.29, 0.717) is 6.42 Å². The minimum Gasteiger partial charge on any atom is -0.480 e. The number of amides is 1. The molecule has 0 radical (unpaired) electrons. The van der Waals surface area contributed by atoms with Crippen LogP contribution >= 0.6 is 0 Å². The molecule has 0 unspecified atom stereocenters. The Morgan fingerprint density at radius 1 is 1.42 bits per heavy atom. The summed E-state index contributed by atoms with van der Waals surface area (Å²) in [7, 11) is 1.29. The van der Waals surface area contributed by atoms with E-state index in [1.54, 1.807) is 0 Å². The zero-order valence-electron chi connectivity index (χ0n) is 10.7. The van der Waals surface area contributed by atoms with Crippen LogP contribution in [0.3, 0.4) is 0 Å². The fourth-order valence-corrected chi connectivity index (χ4v) is 1.55. The molecule has 1 atom stereocenters. The summed E-state index contributed by atoms with van der Waals surface area (Å²) in [6.45, 7) is 3.45. The van der Waals surface area contributed by atoms with Crippen molar-refractivity contribution in [2.45, 2.75) is 44.3 Å². The summed E-state index contributed by atoms with van der Waals surface area (Å²) in [5.41, 5.74) is 0. The minimum atomic E-state index is -4.30. The predicted molar refractivity (Wildman–Crippen MR) is 63.5 cm³/mol. The SMILES string of the molecule is C=CCC[C@@H](C(=O)O)N(C)C(=O)CCCC(F)(F)F. The summed E-state index contributed by atoms with van der Waals surface area (Å²) in [5, 5.41) is 8.97. The highest BCUT2D eigenvalue weighted by Gasteiger charge is 2.29. The van der Waals surface area contributed by atoms with E-state index in [9.17, 15) is 22.8 Å². The Bertz CT molecular complexity index is 329. The Morgan fingerprint density at radius 3 is 2.42 bits per heavy atom. The molecule has 0 spiro atoms. The third-order valence-electron chi connectivity index (χ3n) is 2.64. The molecule has 0 aromatic carbocycles. The summed E-state index contributed by atoms with van der Waals surface area (Å²) in [4.78, 5) is 23.6. The van der Waals surface area contributed by atoms with E-state index >= 15 is 0 Å². The first-order chi connectivity index (χ1) is 8.69. The van der Waals surface area contributed by atoms with Gasteiger partial charge >= 0.3 is 12.1 Å². The van der Waals surface area contributed by atoms with Gasteiger partial charge in [-0.05, 0) is 19.3 Å². The molecule has 0 aliphatic rings. The van der Waals surface area contributed by atoms with Crippen LogP contribution in [0.15, 0.2) is 12.7 Å². The summed E-state index contributed by atoms with van der Waals surface area (Å²) in [6, 6.07) is -1.03. The Hall–Kier alpha value is -1.53.